The lowest BCUT2D eigenvalue weighted by Gasteiger charge is -2.21. The molecule has 0 unspecified atom stereocenters. The van der Waals surface area contributed by atoms with E-state index in [4.69, 9.17) is 4.74 Å². The van der Waals surface area contributed by atoms with E-state index in [1.807, 2.05) is 18.2 Å². The number of thiophene rings is 1. The van der Waals surface area contributed by atoms with Crippen molar-refractivity contribution in [1.29, 1.82) is 0 Å². The summed E-state index contributed by atoms with van der Waals surface area (Å²) in [4.78, 5) is 17.7. The lowest BCUT2D eigenvalue weighted by atomic mass is 9.85. The summed E-state index contributed by atoms with van der Waals surface area (Å²) in [5.41, 5.74) is 3.08. The number of fused-ring (bicyclic) bond motifs is 1. The summed E-state index contributed by atoms with van der Waals surface area (Å²) in [7, 11) is 1.70. The lowest BCUT2D eigenvalue weighted by molar-refractivity contribution is 0.103. The summed E-state index contributed by atoms with van der Waals surface area (Å²) in [6, 6.07) is 14.6. The molecule has 2 heterocycles. The molecule has 0 radical (unpaired) electrons. The van der Waals surface area contributed by atoms with Crippen molar-refractivity contribution in [2.45, 2.75) is 63.7 Å². The van der Waals surface area contributed by atoms with Crippen LogP contribution in [-0.4, -0.2) is 37.4 Å². The number of hydrogen-bond acceptors (Lipinski definition) is 4. The molecular weight excluding hydrogens is 426 g/mol. The van der Waals surface area contributed by atoms with Crippen molar-refractivity contribution in [3.05, 3.63) is 64.0 Å². The maximum absolute atomic E-state index is 13.8. The van der Waals surface area contributed by atoms with Crippen LogP contribution in [0.15, 0.2) is 42.5 Å². The van der Waals surface area contributed by atoms with Crippen LogP contribution in [0.3, 0.4) is 0 Å². The van der Waals surface area contributed by atoms with Crippen molar-refractivity contribution in [1.82, 2.24) is 4.90 Å². The van der Waals surface area contributed by atoms with E-state index >= 15 is 0 Å². The summed E-state index contributed by atoms with van der Waals surface area (Å²) in [5, 5.41) is 1.08. The van der Waals surface area contributed by atoms with Gasteiger partial charge in [0.05, 0.1) is 7.11 Å². The molecule has 33 heavy (non-hydrogen) atoms. The van der Waals surface area contributed by atoms with E-state index in [9.17, 15) is 4.79 Å². The quantitative estimate of drug-likeness (QED) is 0.332. The summed E-state index contributed by atoms with van der Waals surface area (Å²) < 4.78 is 6.62. The van der Waals surface area contributed by atoms with Crippen LogP contribution in [0.1, 0.15) is 83.6 Å². The average Bonchev–Trinajstić information content (AvgIpc) is 3.52. The molecular formula is C29H35NO2S. The van der Waals surface area contributed by atoms with Gasteiger partial charge in [0.1, 0.15) is 5.75 Å². The Kier molecular flexibility index (Phi) is 7.13. The van der Waals surface area contributed by atoms with Crippen molar-refractivity contribution in [3.63, 3.8) is 0 Å². The Balaban J connectivity index is 1.38. The number of nitrogens with zero attached hydrogens (tertiary/aromatic N) is 1. The Bertz CT molecular complexity index is 1090. The Morgan fingerprint density at radius 2 is 1.76 bits per heavy atom. The maximum Gasteiger partial charge on any atom is 0.194 e. The number of hydrogen-bond donors (Lipinski definition) is 0. The fraction of sp³-hybridized carbons (Fsp3) is 0.483. The molecule has 1 aliphatic carbocycles. The van der Waals surface area contributed by atoms with E-state index < -0.39 is 0 Å². The fourth-order valence-electron chi connectivity index (χ4n) is 5.59. The van der Waals surface area contributed by atoms with E-state index in [-0.39, 0.29) is 5.78 Å². The molecule has 0 spiro atoms. The molecule has 2 aromatic carbocycles. The zero-order valence-corrected chi connectivity index (χ0v) is 20.6. The van der Waals surface area contributed by atoms with Gasteiger partial charge < -0.3 is 9.64 Å². The number of carbonyl (C=O) groups is 1. The molecule has 0 amide bonds. The first-order chi connectivity index (χ1) is 16.2. The molecule has 1 aromatic heterocycles. The molecule has 5 rings (SSSR count). The van der Waals surface area contributed by atoms with Gasteiger partial charge in [-0.25, -0.2) is 0 Å². The smallest absolute Gasteiger partial charge is 0.194 e. The van der Waals surface area contributed by atoms with Gasteiger partial charge in [0.2, 0.25) is 0 Å². The molecule has 0 bridgehead atoms. The highest BCUT2D eigenvalue weighted by atomic mass is 32.1. The molecule has 0 N–H and O–H groups in total. The number of carbonyl (C=O) groups excluding carboxylic acids is 1. The van der Waals surface area contributed by atoms with Crippen LogP contribution in [0.25, 0.3) is 10.1 Å². The van der Waals surface area contributed by atoms with Crippen LogP contribution < -0.4 is 4.74 Å². The predicted octanol–water partition coefficient (Wildman–Crippen LogP) is 7.22. The Morgan fingerprint density at radius 1 is 1.00 bits per heavy atom. The topological polar surface area (TPSA) is 29.5 Å². The summed E-state index contributed by atoms with van der Waals surface area (Å²) in [5.74, 6) is 1.54. The van der Waals surface area contributed by atoms with Gasteiger partial charge in [0.15, 0.2) is 5.78 Å². The van der Waals surface area contributed by atoms with Crippen molar-refractivity contribution >= 4 is 27.2 Å². The molecule has 4 heteroatoms. The highest BCUT2D eigenvalue weighted by Gasteiger charge is 2.27. The van der Waals surface area contributed by atoms with Crippen molar-refractivity contribution in [2.24, 2.45) is 0 Å². The molecule has 174 valence electrons. The molecule has 1 saturated carbocycles. The monoisotopic (exact) mass is 461 g/mol. The third-order valence-corrected chi connectivity index (χ3v) is 8.80. The number of rotatable bonds is 8. The maximum atomic E-state index is 13.8. The number of methoxy groups -OCH3 is 1. The lowest BCUT2D eigenvalue weighted by Crippen LogP contribution is -2.20. The number of ketones is 1. The van der Waals surface area contributed by atoms with Gasteiger partial charge in [-0.3, -0.25) is 4.79 Å². The number of likely N-dealkylation sites (tertiary alicyclic amines) is 1. The van der Waals surface area contributed by atoms with Crippen LogP contribution >= 0.6 is 11.3 Å². The molecule has 1 saturated heterocycles. The first-order valence-corrected chi connectivity index (χ1v) is 13.5. The second-order valence-corrected chi connectivity index (χ2v) is 10.8. The normalized spacial score (nSPS) is 17.6. The Labute approximate surface area is 201 Å². The largest absolute Gasteiger partial charge is 0.497 e. The van der Waals surface area contributed by atoms with Gasteiger partial charge in [-0.1, -0.05) is 43.5 Å². The van der Waals surface area contributed by atoms with Gasteiger partial charge in [-0.2, -0.15) is 0 Å². The summed E-state index contributed by atoms with van der Waals surface area (Å²) in [6.07, 6.45) is 11.2. The van der Waals surface area contributed by atoms with E-state index in [0.29, 0.717) is 5.92 Å². The van der Waals surface area contributed by atoms with Crippen LogP contribution in [-0.2, 0) is 6.42 Å². The minimum atomic E-state index is 0.176. The second-order valence-electron chi connectivity index (χ2n) is 9.72. The predicted molar refractivity (Wildman–Crippen MR) is 138 cm³/mol. The second kappa shape index (κ2) is 10.4. The average molecular weight is 462 g/mol. The molecule has 2 aliphatic rings. The Morgan fingerprint density at radius 3 is 2.48 bits per heavy atom. The van der Waals surface area contributed by atoms with Crippen LogP contribution in [0.4, 0.5) is 0 Å². The third-order valence-electron chi connectivity index (χ3n) is 7.48. The van der Waals surface area contributed by atoms with Gasteiger partial charge in [-0.15, -0.1) is 11.3 Å². The Hall–Kier alpha value is -2.17. The van der Waals surface area contributed by atoms with Crippen molar-refractivity contribution in [2.75, 3.05) is 26.7 Å². The molecule has 0 atom stereocenters. The van der Waals surface area contributed by atoms with Gasteiger partial charge in [0.25, 0.3) is 0 Å². The SMILES string of the molecule is COc1ccc2c(C(=O)c3ccc(CCCN4CCCC4)cc3)c(C3CCCCC3)sc2c1. The van der Waals surface area contributed by atoms with Gasteiger partial charge >= 0.3 is 0 Å². The van der Waals surface area contributed by atoms with E-state index in [1.165, 1.54) is 81.4 Å². The number of ether oxygens (including phenoxy) is 1. The van der Waals surface area contributed by atoms with Crippen LogP contribution in [0.2, 0.25) is 0 Å². The fourth-order valence-corrected chi connectivity index (χ4v) is 6.99. The van der Waals surface area contributed by atoms with Crippen LogP contribution in [0.5, 0.6) is 5.75 Å². The zero-order chi connectivity index (χ0) is 22.6. The first kappa shape index (κ1) is 22.6. The minimum Gasteiger partial charge on any atom is -0.497 e. The highest BCUT2D eigenvalue weighted by Crippen LogP contribution is 2.44. The summed E-state index contributed by atoms with van der Waals surface area (Å²) in [6.45, 7) is 3.71. The minimum absolute atomic E-state index is 0.176. The molecule has 2 fully saturated rings. The van der Waals surface area contributed by atoms with Gasteiger partial charge in [0, 0.05) is 26.1 Å². The van der Waals surface area contributed by atoms with E-state index in [1.54, 1.807) is 18.4 Å². The molecule has 3 nitrogen and oxygen atoms in total. The first-order valence-electron chi connectivity index (χ1n) is 12.7. The summed E-state index contributed by atoms with van der Waals surface area (Å²) >= 11 is 1.80. The van der Waals surface area contributed by atoms with E-state index in [2.05, 4.69) is 29.2 Å². The molecule has 3 aromatic rings. The highest BCUT2D eigenvalue weighted by molar-refractivity contribution is 7.19. The van der Waals surface area contributed by atoms with Gasteiger partial charge in [-0.05, 0) is 87.8 Å². The number of aryl methyl sites for hydroxylation is 1. The van der Waals surface area contributed by atoms with Crippen molar-refractivity contribution in [3.8, 4) is 5.75 Å². The number of benzene rings is 2. The zero-order valence-electron chi connectivity index (χ0n) is 19.8. The van der Waals surface area contributed by atoms with Crippen LogP contribution in [0, 0.1) is 0 Å². The van der Waals surface area contributed by atoms with Crippen molar-refractivity contribution < 1.29 is 9.53 Å². The molecule has 1 aliphatic heterocycles. The third kappa shape index (κ3) is 5.02. The van der Waals surface area contributed by atoms with E-state index in [0.717, 1.165) is 33.4 Å². The standard InChI is InChI=1S/C29H35NO2S/c1-32-24-15-16-25-26(20-24)33-29(23-9-3-2-4-10-23)27(25)28(31)22-13-11-21(12-14-22)8-7-19-30-17-5-6-18-30/h11-16,20,23H,2-10,17-19H2,1H3.